The van der Waals surface area contributed by atoms with Crippen molar-refractivity contribution in [3.8, 4) is 0 Å². The van der Waals surface area contributed by atoms with Gasteiger partial charge in [-0.25, -0.2) is 0 Å². The topological polar surface area (TPSA) is 27.3 Å². The minimum atomic E-state index is 0.451. The predicted octanol–water partition coefficient (Wildman–Crippen LogP) is -0.399. The van der Waals surface area contributed by atoms with Crippen molar-refractivity contribution in [1.82, 2.24) is 15.5 Å². The molecule has 1 spiro atoms. The van der Waals surface area contributed by atoms with E-state index >= 15 is 0 Å². The third-order valence-corrected chi connectivity index (χ3v) is 3.00. The van der Waals surface area contributed by atoms with Crippen LogP contribution in [0.25, 0.3) is 0 Å². The number of rotatable bonds is 0. The van der Waals surface area contributed by atoms with E-state index in [0.29, 0.717) is 5.54 Å². The van der Waals surface area contributed by atoms with Crippen LogP contribution in [0.15, 0.2) is 0 Å². The van der Waals surface area contributed by atoms with Gasteiger partial charge in [0.2, 0.25) is 0 Å². The lowest BCUT2D eigenvalue weighted by atomic mass is 9.89. The van der Waals surface area contributed by atoms with Gasteiger partial charge in [0, 0.05) is 18.8 Å². The fourth-order valence-electron chi connectivity index (χ4n) is 2.01. The Morgan fingerprint density at radius 3 is 2.55 bits per heavy atom. The van der Waals surface area contributed by atoms with E-state index < -0.39 is 0 Å². The Balaban J connectivity index is 1.94. The molecule has 0 unspecified atom stereocenters. The van der Waals surface area contributed by atoms with Crippen LogP contribution in [0, 0.1) is 0 Å². The maximum Gasteiger partial charge on any atom is 0.0459 e. The Morgan fingerprint density at radius 2 is 2.00 bits per heavy atom. The zero-order valence-electron chi connectivity index (χ0n) is 7.19. The Bertz CT molecular complexity index is 130. The number of likely N-dealkylation sites (tertiary alicyclic amines) is 1. The van der Waals surface area contributed by atoms with Gasteiger partial charge in [-0.05, 0) is 33.0 Å². The fourth-order valence-corrected chi connectivity index (χ4v) is 2.01. The molecule has 2 aliphatic heterocycles. The molecule has 0 aromatic rings. The van der Waals surface area contributed by atoms with E-state index in [1.54, 1.807) is 0 Å². The first-order valence-corrected chi connectivity index (χ1v) is 4.45. The molecule has 0 aromatic carbocycles. The van der Waals surface area contributed by atoms with Crippen LogP contribution in [0.3, 0.4) is 0 Å². The summed E-state index contributed by atoms with van der Waals surface area (Å²) in [5.74, 6) is 0. The first-order chi connectivity index (χ1) is 5.31. The molecule has 2 rings (SSSR count). The first kappa shape index (κ1) is 7.53. The van der Waals surface area contributed by atoms with E-state index in [1.165, 1.54) is 32.5 Å². The molecule has 2 N–H and O–H groups in total. The Hall–Kier alpha value is -0.120. The SMILES string of the molecule is CN1CCC2(CC1)CNCN2. The molecule has 0 bridgehead atoms. The second-order valence-corrected chi connectivity index (χ2v) is 3.86. The lowest BCUT2D eigenvalue weighted by Crippen LogP contribution is -2.51. The smallest absolute Gasteiger partial charge is 0.0459 e. The number of nitrogens with one attached hydrogen (secondary N) is 2. The molecule has 2 aliphatic rings. The van der Waals surface area contributed by atoms with Crippen LogP contribution >= 0.6 is 0 Å². The lowest BCUT2D eigenvalue weighted by Gasteiger charge is -2.37. The summed E-state index contributed by atoms with van der Waals surface area (Å²) < 4.78 is 0. The van der Waals surface area contributed by atoms with E-state index in [2.05, 4.69) is 22.6 Å². The van der Waals surface area contributed by atoms with Gasteiger partial charge in [-0.2, -0.15) is 0 Å². The highest BCUT2D eigenvalue weighted by molar-refractivity contribution is 4.97. The zero-order chi connectivity index (χ0) is 7.73. The van der Waals surface area contributed by atoms with Crippen LogP contribution < -0.4 is 10.6 Å². The van der Waals surface area contributed by atoms with Gasteiger partial charge < -0.3 is 10.2 Å². The van der Waals surface area contributed by atoms with Gasteiger partial charge in [-0.15, -0.1) is 0 Å². The Morgan fingerprint density at radius 1 is 1.27 bits per heavy atom. The van der Waals surface area contributed by atoms with Crippen molar-refractivity contribution >= 4 is 0 Å². The van der Waals surface area contributed by atoms with Crippen LogP contribution in [-0.4, -0.2) is 43.8 Å². The van der Waals surface area contributed by atoms with Crippen LogP contribution in [0.5, 0.6) is 0 Å². The largest absolute Gasteiger partial charge is 0.306 e. The van der Waals surface area contributed by atoms with Crippen LogP contribution in [0.1, 0.15) is 12.8 Å². The summed E-state index contributed by atoms with van der Waals surface area (Å²) in [6.07, 6.45) is 2.60. The van der Waals surface area contributed by atoms with Crippen molar-refractivity contribution in [2.24, 2.45) is 0 Å². The number of hydrogen-bond donors (Lipinski definition) is 2. The summed E-state index contributed by atoms with van der Waals surface area (Å²) in [5, 5.41) is 6.92. The van der Waals surface area contributed by atoms with Crippen LogP contribution in [0.4, 0.5) is 0 Å². The molecule has 0 radical (unpaired) electrons. The van der Waals surface area contributed by atoms with Gasteiger partial charge in [0.05, 0.1) is 0 Å². The molecule has 3 nitrogen and oxygen atoms in total. The Labute approximate surface area is 68.1 Å². The highest BCUT2D eigenvalue weighted by Crippen LogP contribution is 2.22. The highest BCUT2D eigenvalue weighted by atomic mass is 15.2. The molecular weight excluding hydrogens is 138 g/mol. The van der Waals surface area contributed by atoms with E-state index in [-0.39, 0.29) is 0 Å². The van der Waals surface area contributed by atoms with Gasteiger partial charge in [-0.3, -0.25) is 5.32 Å². The average molecular weight is 155 g/mol. The third-order valence-electron chi connectivity index (χ3n) is 3.00. The predicted molar refractivity (Wildman–Crippen MR) is 45.5 cm³/mol. The monoisotopic (exact) mass is 155 g/mol. The first-order valence-electron chi connectivity index (χ1n) is 4.45. The molecule has 11 heavy (non-hydrogen) atoms. The van der Waals surface area contributed by atoms with Crippen molar-refractivity contribution in [3.05, 3.63) is 0 Å². The number of nitrogens with zero attached hydrogens (tertiary/aromatic N) is 1. The van der Waals surface area contributed by atoms with Crippen molar-refractivity contribution in [1.29, 1.82) is 0 Å². The number of hydrogen-bond acceptors (Lipinski definition) is 3. The molecule has 0 amide bonds. The van der Waals surface area contributed by atoms with Gasteiger partial charge >= 0.3 is 0 Å². The molecular formula is C8H17N3. The van der Waals surface area contributed by atoms with Gasteiger partial charge in [0.1, 0.15) is 0 Å². The maximum absolute atomic E-state index is 3.55. The normalized spacial score (nSPS) is 31.4. The lowest BCUT2D eigenvalue weighted by molar-refractivity contribution is 0.182. The van der Waals surface area contributed by atoms with Crippen molar-refractivity contribution in [3.63, 3.8) is 0 Å². The molecule has 64 valence electrons. The molecule has 3 heteroatoms. The highest BCUT2D eigenvalue weighted by Gasteiger charge is 2.35. The summed E-state index contributed by atoms with van der Waals surface area (Å²) in [6.45, 7) is 4.66. The standard InChI is InChI=1S/C8H17N3/c1-11-4-2-8(3-5-11)6-9-7-10-8/h9-10H,2-7H2,1H3. The second kappa shape index (κ2) is 2.73. The van der Waals surface area contributed by atoms with Crippen LogP contribution in [-0.2, 0) is 0 Å². The molecule has 0 aromatic heterocycles. The Kier molecular flexibility index (Phi) is 1.87. The number of piperidine rings is 1. The summed E-state index contributed by atoms with van der Waals surface area (Å²) >= 11 is 0. The molecule has 2 fully saturated rings. The van der Waals surface area contributed by atoms with Gasteiger partial charge in [0.15, 0.2) is 0 Å². The van der Waals surface area contributed by atoms with E-state index in [9.17, 15) is 0 Å². The molecule has 0 atom stereocenters. The van der Waals surface area contributed by atoms with E-state index in [0.717, 1.165) is 6.67 Å². The minimum Gasteiger partial charge on any atom is -0.306 e. The molecule has 2 heterocycles. The average Bonchev–Trinajstić information content (AvgIpc) is 2.45. The van der Waals surface area contributed by atoms with Crippen LogP contribution in [0.2, 0.25) is 0 Å². The summed E-state index contributed by atoms with van der Waals surface area (Å²) in [5.41, 5.74) is 0.451. The molecule has 0 aliphatic carbocycles. The van der Waals surface area contributed by atoms with E-state index in [1.807, 2.05) is 0 Å². The minimum absolute atomic E-state index is 0.451. The quantitative estimate of drug-likeness (QED) is 0.498. The zero-order valence-corrected chi connectivity index (χ0v) is 7.19. The second-order valence-electron chi connectivity index (χ2n) is 3.86. The summed E-state index contributed by atoms with van der Waals surface area (Å²) in [7, 11) is 2.20. The molecule has 2 saturated heterocycles. The maximum atomic E-state index is 3.55. The summed E-state index contributed by atoms with van der Waals surface area (Å²) in [4.78, 5) is 2.41. The third kappa shape index (κ3) is 1.41. The van der Waals surface area contributed by atoms with Crippen molar-refractivity contribution in [2.45, 2.75) is 18.4 Å². The summed E-state index contributed by atoms with van der Waals surface area (Å²) in [6, 6.07) is 0. The van der Waals surface area contributed by atoms with E-state index in [4.69, 9.17) is 0 Å². The fraction of sp³-hybridized carbons (Fsp3) is 1.00. The van der Waals surface area contributed by atoms with Gasteiger partial charge in [0.25, 0.3) is 0 Å². The van der Waals surface area contributed by atoms with Crippen molar-refractivity contribution < 1.29 is 0 Å². The van der Waals surface area contributed by atoms with Gasteiger partial charge in [-0.1, -0.05) is 0 Å². The molecule has 0 saturated carbocycles. The van der Waals surface area contributed by atoms with Crippen molar-refractivity contribution in [2.75, 3.05) is 33.4 Å².